The first-order chi connectivity index (χ1) is 9.02. The van der Waals surface area contributed by atoms with Crippen molar-refractivity contribution in [3.8, 4) is 5.75 Å². The first kappa shape index (κ1) is 15.7. The highest BCUT2D eigenvalue weighted by molar-refractivity contribution is 5.27. The van der Waals surface area contributed by atoms with Crippen LogP contribution in [0.3, 0.4) is 0 Å². The van der Waals surface area contributed by atoms with Crippen molar-refractivity contribution >= 4 is 0 Å². The molecule has 0 fully saturated rings. The van der Waals surface area contributed by atoms with Crippen LogP contribution < -0.4 is 4.74 Å². The molecule has 0 heterocycles. The van der Waals surface area contributed by atoms with Gasteiger partial charge in [-0.15, -0.1) is 0 Å². The fourth-order valence-electron chi connectivity index (χ4n) is 1.88. The molecule has 3 heteroatoms. The lowest BCUT2D eigenvalue weighted by Gasteiger charge is -2.27. The summed E-state index contributed by atoms with van der Waals surface area (Å²) < 4.78 is 5.46. The largest absolute Gasteiger partial charge is 0.490 e. The molecule has 0 aliphatic carbocycles. The second-order valence-electron chi connectivity index (χ2n) is 5.12. The Morgan fingerprint density at radius 2 is 1.89 bits per heavy atom. The van der Waals surface area contributed by atoms with E-state index < -0.39 is 0 Å². The highest BCUT2D eigenvalue weighted by Gasteiger charge is 2.12. The van der Waals surface area contributed by atoms with E-state index in [4.69, 9.17) is 4.74 Å². The van der Waals surface area contributed by atoms with Gasteiger partial charge in [-0.05, 0) is 38.5 Å². The van der Waals surface area contributed by atoms with E-state index >= 15 is 0 Å². The summed E-state index contributed by atoms with van der Waals surface area (Å²) in [6.45, 7) is 11.8. The maximum Gasteiger partial charge on any atom is 0.119 e. The molecule has 1 N–H and O–H groups in total. The Hall–Kier alpha value is -1.32. The average Bonchev–Trinajstić information content (AvgIpc) is 2.36. The predicted octanol–water partition coefficient (Wildman–Crippen LogP) is 2.84. The first-order valence-corrected chi connectivity index (χ1v) is 6.77. The fourth-order valence-corrected chi connectivity index (χ4v) is 1.88. The quantitative estimate of drug-likeness (QED) is 0.732. The van der Waals surface area contributed by atoms with E-state index in [1.165, 1.54) is 5.56 Å². The number of nitrogens with zero attached hydrogens (tertiary/aromatic N) is 1. The molecular formula is C16H25NO2. The number of aliphatic hydroxyl groups excluding tert-OH is 1. The number of aliphatic hydroxyl groups is 1. The van der Waals surface area contributed by atoms with Gasteiger partial charge in [0.2, 0.25) is 0 Å². The molecule has 0 spiro atoms. The molecule has 1 unspecified atom stereocenters. The molecule has 0 saturated heterocycles. The summed E-state index contributed by atoms with van der Waals surface area (Å²) in [5.74, 6) is 0.857. The molecule has 3 nitrogen and oxygen atoms in total. The van der Waals surface area contributed by atoms with Crippen molar-refractivity contribution in [2.75, 3.05) is 13.2 Å². The molecule has 0 radical (unpaired) electrons. The van der Waals surface area contributed by atoms with E-state index in [1.807, 2.05) is 19.1 Å². The van der Waals surface area contributed by atoms with E-state index in [2.05, 4.69) is 37.5 Å². The third-order valence-corrected chi connectivity index (χ3v) is 2.91. The summed E-state index contributed by atoms with van der Waals surface area (Å²) in [5, 5.41) is 9.52. The Morgan fingerprint density at radius 1 is 1.26 bits per heavy atom. The highest BCUT2D eigenvalue weighted by atomic mass is 16.5. The van der Waals surface area contributed by atoms with Gasteiger partial charge in [-0.2, -0.15) is 0 Å². The minimum atomic E-state index is -0.308. The van der Waals surface area contributed by atoms with Gasteiger partial charge in [0.25, 0.3) is 0 Å². The molecule has 0 aliphatic rings. The van der Waals surface area contributed by atoms with Gasteiger partial charge in [0, 0.05) is 19.1 Å². The van der Waals surface area contributed by atoms with Gasteiger partial charge < -0.3 is 9.84 Å². The minimum absolute atomic E-state index is 0.308. The van der Waals surface area contributed by atoms with Crippen LogP contribution in [0.5, 0.6) is 5.75 Å². The van der Waals surface area contributed by atoms with E-state index in [9.17, 15) is 5.11 Å². The van der Waals surface area contributed by atoms with Crippen LogP contribution in [-0.2, 0) is 6.54 Å². The Kier molecular flexibility index (Phi) is 6.60. The summed E-state index contributed by atoms with van der Waals surface area (Å²) >= 11 is 0. The fraction of sp³-hybridized carbons (Fsp3) is 0.500. The summed E-state index contributed by atoms with van der Waals surface area (Å²) in [7, 11) is 0. The topological polar surface area (TPSA) is 32.7 Å². The van der Waals surface area contributed by atoms with E-state index in [1.54, 1.807) is 6.08 Å². The number of benzene rings is 1. The number of hydrogen-bond donors (Lipinski definition) is 1. The van der Waals surface area contributed by atoms with Crippen LogP contribution in [0.25, 0.3) is 0 Å². The SMILES string of the molecule is C=CCOc1ccc(CN(CC(C)O)C(C)C)cc1. The smallest absolute Gasteiger partial charge is 0.119 e. The molecule has 1 aromatic rings. The van der Waals surface area contributed by atoms with Crippen LogP contribution in [0.15, 0.2) is 36.9 Å². The summed E-state index contributed by atoms with van der Waals surface area (Å²) in [6, 6.07) is 8.48. The maximum atomic E-state index is 9.52. The van der Waals surface area contributed by atoms with Gasteiger partial charge in [-0.1, -0.05) is 24.8 Å². The third-order valence-electron chi connectivity index (χ3n) is 2.91. The Labute approximate surface area is 116 Å². The van der Waals surface area contributed by atoms with Crippen LogP contribution in [-0.4, -0.2) is 35.3 Å². The molecule has 0 bridgehead atoms. The van der Waals surface area contributed by atoms with Crippen LogP contribution in [0.2, 0.25) is 0 Å². The lowest BCUT2D eigenvalue weighted by molar-refractivity contribution is 0.103. The number of ether oxygens (including phenoxy) is 1. The minimum Gasteiger partial charge on any atom is -0.490 e. The molecule has 1 aromatic carbocycles. The van der Waals surface area contributed by atoms with Crippen LogP contribution in [0.4, 0.5) is 0 Å². The summed E-state index contributed by atoms with van der Waals surface area (Å²) in [5.41, 5.74) is 1.22. The van der Waals surface area contributed by atoms with Crippen molar-refractivity contribution in [2.24, 2.45) is 0 Å². The maximum absolute atomic E-state index is 9.52. The lowest BCUT2D eigenvalue weighted by atomic mass is 10.1. The molecule has 1 atom stereocenters. The Balaban J connectivity index is 2.61. The van der Waals surface area contributed by atoms with E-state index in [0.717, 1.165) is 12.3 Å². The zero-order chi connectivity index (χ0) is 14.3. The summed E-state index contributed by atoms with van der Waals surface area (Å²) in [4.78, 5) is 2.25. The molecule has 106 valence electrons. The summed E-state index contributed by atoms with van der Waals surface area (Å²) in [6.07, 6.45) is 1.43. The molecule has 0 aliphatic heterocycles. The van der Waals surface area contributed by atoms with Crippen molar-refractivity contribution in [3.05, 3.63) is 42.5 Å². The van der Waals surface area contributed by atoms with Gasteiger partial charge >= 0.3 is 0 Å². The third kappa shape index (κ3) is 5.90. The number of rotatable bonds is 8. The molecule has 0 amide bonds. The number of hydrogen-bond acceptors (Lipinski definition) is 3. The van der Waals surface area contributed by atoms with Gasteiger partial charge in [-0.25, -0.2) is 0 Å². The average molecular weight is 263 g/mol. The monoisotopic (exact) mass is 263 g/mol. The Bertz CT molecular complexity index is 371. The second kappa shape index (κ2) is 7.97. The molecule has 0 saturated carbocycles. The highest BCUT2D eigenvalue weighted by Crippen LogP contribution is 2.15. The van der Waals surface area contributed by atoms with Crippen molar-refractivity contribution in [2.45, 2.75) is 39.5 Å². The normalized spacial score (nSPS) is 12.7. The van der Waals surface area contributed by atoms with Gasteiger partial charge in [0.15, 0.2) is 0 Å². The zero-order valence-corrected chi connectivity index (χ0v) is 12.2. The van der Waals surface area contributed by atoms with Crippen molar-refractivity contribution in [3.63, 3.8) is 0 Å². The molecular weight excluding hydrogens is 238 g/mol. The first-order valence-electron chi connectivity index (χ1n) is 6.77. The van der Waals surface area contributed by atoms with Crippen LogP contribution in [0.1, 0.15) is 26.3 Å². The van der Waals surface area contributed by atoms with Gasteiger partial charge in [-0.3, -0.25) is 4.90 Å². The van der Waals surface area contributed by atoms with Crippen molar-refractivity contribution in [1.29, 1.82) is 0 Å². The molecule has 1 rings (SSSR count). The Morgan fingerprint density at radius 3 is 2.37 bits per heavy atom. The zero-order valence-electron chi connectivity index (χ0n) is 12.2. The van der Waals surface area contributed by atoms with Crippen LogP contribution in [0, 0.1) is 0 Å². The second-order valence-corrected chi connectivity index (χ2v) is 5.12. The molecule has 0 aromatic heterocycles. The predicted molar refractivity (Wildman–Crippen MR) is 79.4 cm³/mol. The van der Waals surface area contributed by atoms with E-state index in [0.29, 0.717) is 19.2 Å². The van der Waals surface area contributed by atoms with Gasteiger partial charge in [0.05, 0.1) is 6.10 Å². The van der Waals surface area contributed by atoms with Crippen molar-refractivity contribution in [1.82, 2.24) is 4.90 Å². The van der Waals surface area contributed by atoms with E-state index in [-0.39, 0.29) is 6.10 Å². The lowest BCUT2D eigenvalue weighted by Crippen LogP contribution is -2.36. The van der Waals surface area contributed by atoms with Crippen LogP contribution >= 0.6 is 0 Å². The van der Waals surface area contributed by atoms with Crippen molar-refractivity contribution < 1.29 is 9.84 Å². The standard InChI is InChI=1S/C16H25NO2/c1-5-10-19-16-8-6-15(7-9-16)12-17(13(2)3)11-14(4)18/h5-9,13-14,18H,1,10-12H2,2-4H3. The van der Waals surface area contributed by atoms with Gasteiger partial charge in [0.1, 0.15) is 12.4 Å². The molecule has 19 heavy (non-hydrogen) atoms.